The molecule has 0 radical (unpaired) electrons. The molecule has 1 heterocycles. The maximum absolute atomic E-state index is 13.2. The lowest BCUT2D eigenvalue weighted by molar-refractivity contribution is -0.117. The lowest BCUT2D eigenvalue weighted by atomic mass is 9.79. The predicted molar refractivity (Wildman–Crippen MR) is 86.8 cm³/mol. The molecule has 2 fully saturated rings. The van der Waals surface area contributed by atoms with Gasteiger partial charge in [0.2, 0.25) is 5.91 Å². The third kappa shape index (κ3) is 2.60. The van der Waals surface area contributed by atoms with Crippen LogP contribution in [0.15, 0.2) is 24.3 Å². The molecule has 0 unspecified atom stereocenters. The van der Waals surface area contributed by atoms with E-state index in [-0.39, 0.29) is 11.7 Å². The molecule has 2 saturated carbocycles. The van der Waals surface area contributed by atoms with Crippen LogP contribution in [0.1, 0.15) is 37.2 Å². The predicted octanol–water partition coefficient (Wildman–Crippen LogP) is 3.79. The quantitative estimate of drug-likeness (QED) is 0.926. The summed E-state index contributed by atoms with van der Waals surface area (Å²) < 4.78 is 28.0. The Labute approximate surface area is 138 Å². The minimum absolute atomic E-state index is 0.281. The van der Waals surface area contributed by atoms with Gasteiger partial charge in [-0.25, -0.2) is 8.78 Å². The molecule has 0 spiro atoms. The summed E-state index contributed by atoms with van der Waals surface area (Å²) in [7, 11) is 1.77. The average Bonchev–Trinajstić information content (AvgIpc) is 3.16. The average molecular weight is 331 g/mol. The standard InChI is InChI=1S/C18H19F2N3O/c1-23-17(21-18(24)13-9-14(13)20)15(10-3-2-4-10)16(22-23)11-5-7-12(19)8-6-11/h5-8,10,13-14H,2-4,9H2,1H3,(H,21,24)/t13-,14+/m0/s1. The van der Waals surface area contributed by atoms with Gasteiger partial charge in [-0.1, -0.05) is 6.42 Å². The number of alkyl halides is 1. The first-order chi connectivity index (χ1) is 11.5. The summed E-state index contributed by atoms with van der Waals surface area (Å²) in [6.45, 7) is 0. The van der Waals surface area contributed by atoms with Gasteiger partial charge >= 0.3 is 0 Å². The Hall–Kier alpha value is -2.24. The number of rotatable bonds is 4. The molecule has 4 nitrogen and oxygen atoms in total. The molecule has 0 saturated heterocycles. The summed E-state index contributed by atoms with van der Waals surface area (Å²) in [6, 6.07) is 6.21. The largest absolute Gasteiger partial charge is 0.310 e. The summed E-state index contributed by atoms with van der Waals surface area (Å²) in [5.41, 5.74) is 2.58. The number of aryl methyl sites for hydroxylation is 1. The molecule has 0 aliphatic heterocycles. The van der Waals surface area contributed by atoms with E-state index in [4.69, 9.17) is 0 Å². The van der Waals surface area contributed by atoms with Crippen molar-refractivity contribution in [1.82, 2.24) is 9.78 Å². The van der Waals surface area contributed by atoms with Gasteiger partial charge in [0.05, 0.1) is 11.6 Å². The Morgan fingerprint density at radius 1 is 1.29 bits per heavy atom. The zero-order chi connectivity index (χ0) is 16.8. The number of amides is 1. The Kier molecular flexibility index (Phi) is 3.62. The molecule has 1 N–H and O–H groups in total. The van der Waals surface area contributed by atoms with Crippen LogP contribution >= 0.6 is 0 Å². The van der Waals surface area contributed by atoms with E-state index in [1.54, 1.807) is 23.9 Å². The van der Waals surface area contributed by atoms with Crippen LogP contribution in [-0.2, 0) is 11.8 Å². The topological polar surface area (TPSA) is 46.9 Å². The fourth-order valence-corrected chi connectivity index (χ4v) is 3.24. The van der Waals surface area contributed by atoms with Gasteiger partial charge in [0.15, 0.2) is 0 Å². The molecule has 2 atom stereocenters. The van der Waals surface area contributed by atoms with E-state index < -0.39 is 12.1 Å². The highest BCUT2D eigenvalue weighted by atomic mass is 19.1. The molecule has 0 bridgehead atoms. The van der Waals surface area contributed by atoms with Crippen molar-refractivity contribution in [2.75, 3.05) is 5.32 Å². The molecule has 1 aromatic heterocycles. The van der Waals surface area contributed by atoms with Crippen LogP contribution in [0.2, 0.25) is 0 Å². The molecular weight excluding hydrogens is 312 g/mol. The number of carbonyl (C=O) groups is 1. The smallest absolute Gasteiger partial charge is 0.231 e. The first kappa shape index (κ1) is 15.3. The van der Waals surface area contributed by atoms with Crippen molar-refractivity contribution in [1.29, 1.82) is 0 Å². The van der Waals surface area contributed by atoms with E-state index in [1.165, 1.54) is 12.1 Å². The summed E-state index contributed by atoms with van der Waals surface area (Å²) in [5.74, 6) is -0.145. The summed E-state index contributed by atoms with van der Waals surface area (Å²) in [4.78, 5) is 12.2. The van der Waals surface area contributed by atoms with Crippen molar-refractivity contribution in [3.8, 4) is 11.3 Å². The van der Waals surface area contributed by atoms with Gasteiger partial charge in [0.1, 0.15) is 17.8 Å². The monoisotopic (exact) mass is 331 g/mol. The van der Waals surface area contributed by atoms with Crippen LogP contribution in [-0.4, -0.2) is 21.9 Å². The molecule has 2 aliphatic carbocycles. The van der Waals surface area contributed by atoms with Crippen molar-refractivity contribution >= 4 is 11.7 Å². The van der Waals surface area contributed by atoms with E-state index in [0.717, 1.165) is 36.1 Å². The third-order valence-corrected chi connectivity index (χ3v) is 5.01. The van der Waals surface area contributed by atoms with Gasteiger partial charge in [-0.2, -0.15) is 5.10 Å². The second-order valence-corrected chi connectivity index (χ2v) is 6.72. The lowest BCUT2D eigenvalue weighted by Gasteiger charge is -2.27. The number of carbonyl (C=O) groups excluding carboxylic acids is 1. The van der Waals surface area contributed by atoms with E-state index in [9.17, 15) is 13.6 Å². The van der Waals surface area contributed by atoms with Gasteiger partial charge < -0.3 is 5.32 Å². The van der Waals surface area contributed by atoms with Crippen LogP contribution in [0.3, 0.4) is 0 Å². The normalized spacial score (nSPS) is 23.0. The van der Waals surface area contributed by atoms with Crippen LogP contribution in [0.25, 0.3) is 11.3 Å². The maximum atomic E-state index is 13.2. The Morgan fingerprint density at radius 3 is 2.50 bits per heavy atom. The fraction of sp³-hybridized carbons (Fsp3) is 0.444. The molecule has 1 aromatic carbocycles. The zero-order valence-electron chi connectivity index (χ0n) is 13.4. The maximum Gasteiger partial charge on any atom is 0.231 e. The van der Waals surface area contributed by atoms with Gasteiger partial charge in [0.25, 0.3) is 0 Å². The fourth-order valence-electron chi connectivity index (χ4n) is 3.24. The van der Waals surface area contributed by atoms with Crippen LogP contribution in [0.4, 0.5) is 14.6 Å². The van der Waals surface area contributed by atoms with Crippen molar-refractivity contribution in [3.63, 3.8) is 0 Å². The van der Waals surface area contributed by atoms with Gasteiger partial charge in [-0.15, -0.1) is 0 Å². The molecular formula is C18H19F2N3O. The Morgan fingerprint density at radius 2 is 1.96 bits per heavy atom. The molecule has 4 rings (SSSR count). The highest BCUT2D eigenvalue weighted by Gasteiger charge is 2.44. The molecule has 2 aliphatic rings. The van der Waals surface area contributed by atoms with Gasteiger partial charge in [-0.05, 0) is 49.4 Å². The number of anilines is 1. The number of halogens is 2. The highest BCUT2D eigenvalue weighted by Crippen LogP contribution is 2.45. The van der Waals surface area contributed by atoms with Crippen molar-refractivity contribution in [3.05, 3.63) is 35.6 Å². The number of benzene rings is 1. The molecule has 126 valence electrons. The minimum Gasteiger partial charge on any atom is -0.310 e. The Bertz CT molecular complexity index is 780. The van der Waals surface area contributed by atoms with E-state index >= 15 is 0 Å². The van der Waals surface area contributed by atoms with Crippen molar-refractivity contribution < 1.29 is 13.6 Å². The molecule has 24 heavy (non-hydrogen) atoms. The minimum atomic E-state index is -1.03. The van der Waals surface area contributed by atoms with Crippen LogP contribution < -0.4 is 5.32 Å². The number of aromatic nitrogens is 2. The zero-order valence-corrected chi connectivity index (χ0v) is 13.4. The SMILES string of the molecule is Cn1nc(-c2ccc(F)cc2)c(C2CCC2)c1NC(=O)[C@H]1C[C@H]1F. The van der Waals surface area contributed by atoms with E-state index in [2.05, 4.69) is 10.4 Å². The summed E-state index contributed by atoms with van der Waals surface area (Å²) in [5, 5.41) is 7.42. The molecule has 2 aromatic rings. The number of hydrogen-bond donors (Lipinski definition) is 1. The van der Waals surface area contributed by atoms with E-state index in [1.807, 2.05) is 0 Å². The van der Waals surface area contributed by atoms with Gasteiger partial charge in [0, 0.05) is 18.2 Å². The summed E-state index contributed by atoms with van der Waals surface area (Å²) >= 11 is 0. The van der Waals surface area contributed by atoms with Crippen LogP contribution in [0.5, 0.6) is 0 Å². The second-order valence-electron chi connectivity index (χ2n) is 6.72. The van der Waals surface area contributed by atoms with Crippen molar-refractivity contribution in [2.24, 2.45) is 13.0 Å². The molecule has 1 amide bonds. The lowest BCUT2D eigenvalue weighted by Crippen LogP contribution is -2.20. The van der Waals surface area contributed by atoms with Crippen molar-refractivity contribution in [2.45, 2.75) is 37.8 Å². The first-order valence-electron chi connectivity index (χ1n) is 8.32. The van der Waals surface area contributed by atoms with E-state index in [0.29, 0.717) is 18.2 Å². The number of nitrogens with one attached hydrogen (secondary N) is 1. The first-order valence-corrected chi connectivity index (χ1v) is 8.32. The van der Waals surface area contributed by atoms with Gasteiger partial charge in [-0.3, -0.25) is 9.48 Å². The highest BCUT2D eigenvalue weighted by molar-refractivity contribution is 5.95. The second kappa shape index (κ2) is 5.69. The number of hydrogen-bond acceptors (Lipinski definition) is 2. The third-order valence-electron chi connectivity index (χ3n) is 5.01. The Balaban J connectivity index is 1.72. The van der Waals surface area contributed by atoms with Crippen LogP contribution in [0, 0.1) is 11.7 Å². The molecule has 6 heteroatoms. The summed E-state index contributed by atoms with van der Waals surface area (Å²) in [6.07, 6.45) is 2.50. The number of nitrogens with zero attached hydrogens (tertiary/aromatic N) is 2.